The molecule has 0 spiro atoms. The van der Waals surface area contributed by atoms with E-state index in [-0.39, 0.29) is 31.7 Å². The normalized spacial score (nSPS) is 12.3. The highest BCUT2D eigenvalue weighted by atomic mass is 19.4. The molecule has 2 rings (SSSR count). The van der Waals surface area contributed by atoms with Gasteiger partial charge < -0.3 is 14.9 Å². The van der Waals surface area contributed by atoms with Crippen molar-refractivity contribution in [2.45, 2.75) is 50.8 Å². The van der Waals surface area contributed by atoms with E-state index in [2.05, 4.69) is 16.8 Å². The van der Waals surface area contributed by atoms with Crippen molar-refractivity contribution in [2.75, 3.05) is 6.61 Å². The quantitative estimate of drug-likeness (QED) is 0.466. The number of carboxylic acids is 1. The van der Waals surface area contributed by atoms with Gasteiger partial charge >= 0.3 is 12.1 Å². The maximum absolute atomic E-state index is 12.3. The van der Waals surface area contributed by atoms with Gasteiger partial charge in [0.2, 0.25) is 5.88 Å². The SMILES string of the molecule is O=C(O)CCCC#CCC(O)c1cc2ccccc2nc1OCCCC(F)(F)F. The maximum Gasteiger partial charge on any atom is 0.389 e. The molecule has 2 aromatic rings. The van der Waals surface area contributed by atoms with Crippen LogP contribution in [0, 0.1) is 11.8 Å². The van der Waals surface area contributed by atoms with Gasteiger partial charge in [-0.1, -0.05) is 18.2 Å². The van der Waals surface area contributed by atoms with Gasteiger partial charge in [0.1, 0.15) is 0 Å². The zero-order valence-electron chi connectivity index (χ0n) is 15.7. The number of unbranched alkanes of at least 4 members (excludes halogenated alkanes) is 1. The van der Waals surface area contributed by atoms with E-state index >= 15 is 0 Å². The van der Waals surface area contributed by atoms with E-state index in [1.807, 2.05) is 12.1 Å². The number of fused-ring (bicyclic) bond motifs is 1. The Morgan fingerprint density at radius 1 is 1.21 bits per heavy atom. The predicted molar refractivity (Wildman–Crippen MR) is 101 cm³/mol. The Kier molecular flexibility index (Phi) is 8.28. The summed E-state index contributed by atoms with van der Waals surface area (Å²) >= 11 is 0. The molecule has 1 heterocycles. The number of carboxylic acid groups (broad SMARTS) is 1. The number of pyridine rings is 1. The number of benzene rings is 1. The third-order valence-electron chi connectivity index (χ3n) is 4.03. The number of aliphatic hydroxyl groups is 1. The monoisotopic (exact) mass is 409 g/mol. The molecule has 0 fully saturated rings. The molecule has 0 aliphatic heterocycles. The molecule has 0 aliphatic carbocycles. The van der Waals surface area contributed by atoms with Gasteiger partial charge in [-0.2, -0.15) is 13.2 Å². The number of halogens is 3. The predicted octanol–water partition coefficient (Wildman–Crippen LogP) is 4.64. The number of carbonyl (C=O) groups is 1. The molecule has 29 heavy (non-hydrogen) atoms. The molecule has 1 aromatic carbocycles. The standard InChI is InChI=1S/C21H22F3NO4/c22-21(23,24)12-7-13-29-20-16(14-15-8-5-6-9-17(15)25-20)18(26)10-3-1-2-4-11-19(27)28/h5-6,8-9,14,18,26H,2,4,7,10-13H2,(H,27,28). The van der Waals surface area contributed by atoms with E-state index in [0.29, 0.717) is 23.9 Å². The summed E-state index contributed by atoms with van der Waals surface area (Å²) in [6.45, 7) is -0.175. The third-order valence-corrected chi connectivity index (χ3v) is 4.03. The number of ether oxygens (including phenoxy) is 1. The second-order valence-corrected chi connectivity index (χ2v) is 6.46. The molecule has 2 N–H and O–H groups in total. The van der Waals surface area contributed by atoms with Crippen LogP contribution in [0.5, 0.6) is 5.88 Å². The van der Waals surface area contributed by atoms with Crippen LogP contribution in [0.4, 0.5) is 13.2 Å². The van der Waals surface area contributed by atoms with Crippen LogP contribution in [0.15, 0.2) is 30.3 Å². The fourth-order valence-corrected chi connectivity index (χ4v) is 2.61. The third kappa shape index (κ3) is 8.00. The van der Waals surface area contributed by atoms with Crippen molar-refractivity contribution in [1.29, 1.82) is 0 Å². The lowest BCUT2D eigenvalue weighted by atomic mass is 10.1. The lowest BCUT2D eigenvalue weighted by Gasteiger charge is -2.15. The fourth-order valence-electron chi connectivity index (χ4n) is 2.61. The highest BCUT2D eigenvalue weighted by Crippen LogP contribution is 2.30. The zero-order chi connectivity index (χ0) is 21.3. The van der Waals surface area contributed by atoms with Gasteiger partial charge in [-0.15, -0.1) is 11.8 Å². The minimum Gasteiger partial charge on any atom is -0.481 e. The summed E-state index contributed by atoms with van der Waals surface area (Å²) in [5, 5.41) is 19.8. The molecule has 5 nitrogen and oxygen atoms in total. The molecule has 0 saturated heterocycles. The molecule has 1 atom stereocenters. The largest absolute Gasteiger partial charge is 0.481 e. The number of aromatic nitrogens is 1. The summed E-state index contributed by atoms with van der Waals surface area (Å²) in [7, 11) is 0. The Bertz CT molecular complexity index is 887. The van der Waals surface area contributed by atoms with Crippen LogP contribution in [-0.2, 0) is 4.79 Å². The molecule has 1 aromatic heterocycles. The molecule has 1 unspecified atom stereocenters. The fraction of sp³-hybridized carbons (Fsp3) is 0.429. The topological polar surface area (TPSA) is 79.7 Å². The van der Waals surface area contributed by atoms with Crippen molar-refractivity contribution in [2.24, 2.45) is 0 Å². The average molecular weight is 409 g/mol. The van der Waals surface area contributed by atoms with Crippen LogP contribution in [0.3, 0.4) is 0 Å². The Morgan fingerprint density at radius 3 is 2.69 bits per heavy atom. The van der Waals surface area contributed by atoms with Crippen molar-refractivity contribution in [3.63, 3.8) is 0 Å². The minimum absolute atomic E-state index is 0.0295. The number of rotatable bonds is 9. The first-order chi connectivity index (χ1) is 13.8. The Hall–Kier alpha value is -2.79. The maximum atomic E-state index is 12.3. The first kappa shape index (κ1) is 22.5. The van der Waals surface area contributed by atoms with Gasteiger partial charge in [-0.05, 0) is 25.0 Å². The van der Waals surface area contributed by atoms with Gasteiger partial charge in [0.25, 0.3) is 0 Å². The van der Waals surface area contributed by atoms with Gasteiger partial charge in [0.05, 0.1) is 18.2 Å². The van der Waals surface area contributed by atoms with Gasteiger partial charge in [-0.3, -0.25) is 4.79 Å². The minimum atomic E-state index is -4.25. The summed E-state index contributed by atoms with van der Waals surface area (Å²) in [6.07, 6.45) is -5.53. The van der Waals surface area contributed by atoms with E-state index in [0.717, 1.165) is 5.39 Å². The molecular weight excluding hydrogens is 387 g/mol. The lowest BCUT2D eigenvalue weighted by molar-refractivity contribution is -0.137. The molecule has 0 saturated carbocycles. The van der Waals surface area contributed by atoms with Crippen LogP contribution in [-0.4, -0.2) is 33.9 Å². The molecule has 156 valence electrons. The van der Waals surface area contributed by atoms with E-state index in [4.69, 9.17) is 9.84 Å². The Morgan fingerprint density at radius 2 is 1.97 bits per heavy atom. The highest BCUT2D eigenvalue weighted by molar-refractivity contribution is 5.80. The first-order valence-electron chi connectivity index (χ1n) is 9.21. The van der Waals surface area contributed by atoms with E-state index in [9.17, 15) is 23.1 Å². The van der Waals surface area contributed by atoms with Gasteiger partial charge in [0.15, 0.2) is 0 Å². The number of aliphatic hydroxyl groups excluding tert-OH is 1. The molecular formula is C21H22F3NO4. The average Bonchev–Trinajstić information content (AvgIpc) is 2.66. The lowest BCUT2D eigenvalue weighted by Crippen LogP contribution is -2.11. The van der Waals surface area contributed by atoms with Crippen LogP contribution in [0.25, 0.3) is 10.9 Å². The molecule has 0 amide bonds. The summed E-state index contributed by atoms with van der Waals surface area (Å²) in [6, 6.07) is 8.84. The van der Waals surface area contributed by atoms with Crippen LogP contribution >= 0.6 is 0 Å². The van der Waals surface area contributed by atoms with E-state index in [1.54, 1.807) is 18.2 Å². The zero-order valence-corrected chi connectivity index (χ0v) is 15.7. The summed E-state index contributed by atoms with van der Waals surface area (Å²) in [5.41, 5.74) is 0.963. The summed E-state index contributed by atoms with van der Waals surface area (Å²) in [5.74, 6) is 4.80. The second-order valence-electron chi connectivity index (χ2n) is 6.46. The molecule has 0 radical (unpaired) electrons. The van der Waals surface area contributed by atoms with E-state index < -0.39 is 24.7 Å². The van der Waals surface area contributed by atoms with Crippen molar-refractivity contribution < 1.29 is 32.9 Å². The Balaban J connectivity index is 2.08. The van der Waals surface area contributed by atoms with Gasteiger partial charge in [-0.25, -0.2) is 4.98 Å². The smallest absolute Gasteiger partial charge is 0.389 e. The first-order valence-corrected chi connectivity index (χ1v) is 9.21. The second kappa shape index (κ2) is 10.7. The summed E-state index contributed by atoms with van der Waals surface area (Å²) in [4.78, 5) is 14.8. The molecule has 0 aliphatic rings. The number of hydrogen-bond acceptors (Lipinski definition) is 4. The van der Waals surface area contributed by atoms with E-state index in [1.165, 1.54) is 0 Å². The van der Waals surface area contributed by atoms with Crippen molar-refractivity contribution >= 4 is 16.9 Å². The number of alkyl halides is 3. The molecule has 8 heteroatoms. The van der Waals surface area contributed by atoms with Crippen molar-refractivity contribution in [3.8, 4) is 17.7 Å². The summed E-state index contributed by atoms with van der Waals surface area (Å²) < 4.78 is 42.4. The molecule has 0 bridgehead atoms. The van der Waals surface area contributed by atoms with Crippen LogP contribution < -0.4 is 4.74 Å². The Labute approximate surface area is 166 Å². The number of aliphatic carboxylic acids is 1. The number of nitrogens with zero attached hydrogens (tertiary/aromatic N) is 1. The van der Waals surface area contributed by atoms with Crippen LogP contribution in [0.2, 0.25) is 0 Å². The van der Waals surface area contributed by atoms with Crippen LogP contribution in [0.1, 0.15) is 50.2 Å². The highest BCUT2D eigenvalue weighted by Gasteiger charge is 2.26. The van der Waals surface area contributed by atoms with Crippen molar-refractivity contribution in [1.82, 2.24) is 4.98 Å². The van der Waals surface area contributed by atoms with Crippen molar-refractivity contribution in [3.05, 3.63) is 35.9 Å². The number of hydrogen-bond donors (Lipinski definition) is 2. The number of para-hydroxylation sites is 1. The van der Waals surface area contributed by atoms with Gasteiger partial charge in [0, 0.05) is 36.6 Å².